The predicted octanol–water partition coefficient (Wildman–Crippen LogP) is 2.43. The SMILES string of the molecule is O=C(Cl)C1C2CC3CC(C2)C1C3. The van der Waals surface area contributed by atoms with Crippen LogP contribution in [0.5, 0.6) is 0 Å². The van der Waals surface area contributed by atoms with Gasteiger partial charge < -0.3 is 0 Å². The summed E-state index contributed by atoms with van der Waals surface area (Å²) in [6, 6.07) is 0. The largest absolute Gasteiger partial charge is 0.281 e. The van der Waals surface area contributed by atoms with E-state index in [2.05, 4.69) is 0 Å². The average molecular weight is 185 g/mol. The maximum absolute atomic E-state index is 11.2. The minimum atomic E-state index is -0.0483. The molecule has 0 N–H and O–H groups in total. The lowest BCUT2D eigenvalue weighted by atomic mass is 9.76. The van der Waals surface area contributed by atoms with Crippen LogP contribution < -0.4 is 0 Å². The molecule has 0 heterocycles. The molecule has 4 aliphatic carbocycles. The molecule has 2 heteroatoms. The molecule has 0 aliphatic heterocycles. The zero-order valence-electron chi connectivity index (χ0n) is 7.00. The Bertz CT molecular complexity index is 234. The van der Waals surface area contributed by atoms with Crippen molar-refractivity contribution in [2.75, 3.05) is 0 Å². The number of carbonyl (C=O) groups excluding carboxylic acids is 1. The number of carbonyl (C=O) groups is 1. The summed E-state index contributed by atoms with van der Waals surface area (Å²) in [5.41, 5.74) is 0. The van der Waals surface area contributed by atoms with Gasteiger partial charge in [0.1, 0.15) is 0 Å². The van der Waals surface area contributed by atoms with Crippen LogP contribution in [0.3, 0.4) is 0 Å². The van der Waals surface area contributed by atoms with E-state index in [0.717, 1.165) is 11.8 Å². The van der Waals surface area contributed by atoms with Gasteiger partial charge >= 0.3 is 0 Å². The smallest absolute Gasteiger partial charge is 0.225 e. The van der Waals surface area contributed by atoms with Crippen LogP contribution in [0.15, 0.2) is 0 Å². The standard InChI is InChI=1S/C10H13ClO/c11-10(12)9-7-2-5-1-6(4-7)8(9)3-5/h5-9H,1-4H2. The Balaban J connectivity index is 1.94. The number of hydrogen-bond donors (Lipinski definition) is 0. The second-order valence-corrected chi connectivity index (χ2v) is 5.20. The molecule has 0 radical (unpaired) electrons. The highest BCUT2D eigenvalue weighted by Crippen LogP contribution is 2.61. The maximum Gasteiger partial charge on any atom is 0.225 e. The van der Waals surface area contributed by atoms with Gasteiger partial charge in [-0.25, -0.2) is 0 Å². The van der Waals surface area contributed by atoms with Gasteiger partial charge in [0.2, 0.25) is 5.24 Å². The maximum atomic E-state index is 11.2. The van der Waals surface area contributed by atoms with Crippen molar-refractivity contribution in [2.24, 2.45) is 29.6 Å². The van der Waals surface area contributed by atoms with E-state index in [1.165, 1.54) is 25.7 Å². The summed E-state index contributed by atoms with van der Waals surface area (Å²) in [6.45, 7) is 0. The molecule has 12 heavy (non-hydrogen) atoms. The average Bonchev–Trinajstić information content (AvgIpc) is 2.38. The van der Waals surface area contributed by atoms with Crippen LogP contribution in [-0.2, 0) is 4.79 Å². The van der Waals surface area contributed by atoms with Crippen LogP contribution >= 0.6 is 11.6 Å². The molecule has 66 valence electrons. The lowest BCUT2D eigenvalue weighted by molar-refractivity contribution is -0.118. The summed E-state index contributed by atoms with van der Waals surface area (Å²) in [7, 11) is 0. The van der Waals surface area contributed by atoms with Gasteiger partial charge in [-0.3, -0.25) is 4.79 Å². The third-order valence-electron chi connectivity index (χ3n) is 4.32. The van der Waals surface area contributed by atoms with Crippen LogP contribution in [-0.4, -0.2) is 5.24 Å². The molecular formula is C10H13ClO. The van der Waals surface area contributed by atoms with E-state index < -0.39 is 0 Å². The second kappa shape index (κ2) is 2.25. The molecule has 5 atom stereocenters. The normalized spacial score (nSPS) is 54.9. The summed E-state index contributed by atoms with van der Waals surface area (Å²) in [6.07, 6.45) is 5.27. The summed E-state index contributed by atoms with van der Waals surface area (Å²) in [4.78, 5) is 11.2. The van der Waals surface area contributed by atoms with Gasteiger partial charge in [-0.1, -0.05) is 0 Å². The Kier molecular flexibility index (Phi) is 1.39. The van der Waals surface area contributed by atoms with E-state index in [9.17, 15) is 4.79 Å². The minimum absolute atomic E-state index is 0.0483. The van der Waals surface area contributed by atoms with Crippen molar-refractivity contribution in [3.8, 4) is 0 Å². The number of halogens is 1. The van der Waals surface area contributed by atoms with Gasteiger partial charge in [0, 0.05) is 5.92 Å². The summed E-state index contributed by atoms with van der Waals surface area (Å²) >= 11 is 5.63. The van der Waals surface area contributed by atoms with E-state index in [4.69, 9.17) is 11.6 Å². The molecular weight excluding hydrogens is 172 g/mol. The van der Waals surface area contributed by atoms with Gasteiger partial charge in [0.15, 0.2) is 0 Å². The molecule has 0 aromatic heterocycles. The molecule has 0 saturated heterocycles. The van der Waals surface area contributed by atoms with E-state index >= 15 is 0 Å². The first-order valence-electron chi connectivity index (χ1n) is 4.95. The minimum Gasteiger partial charge on any atom is -0.281 e. The van der Waals surface area contributed by atoms with Gasteiger partial charge in [-0.2, -0.15) is 0 Å². The highest BCUT2D eigenvalue weighted by molar-refractivity contribution is 6.64. The van der Waals surface area contributed by atoms with Gasteiger partial charge in [0.25, 0.3) is 0 Å². The molecule has 4 bridgehead atoms. The van der Waals surface area contributed by atoms with E-state index in [1.54, 1.807) is 0 Å². The molecule has 0 spiro atoms. The van der Waals surface area contributed by atoms with Gasteiger partial charge in [0.05, 0.1) is 0 Å². The van der Waals surface area contributed by atoms with Gasteiger partial charge in [-0.05, 0) is 61.0 Å². The lowest BCUT2D eigenvalue weighted by Gasteiger charge is -2.29. The van der Waals surface area contributed by atoms with Crippen molar-refractivity contribution in [1.29, 1.82) is 0 Å². The van der Waals surface area contributed by atoms with Crippen molar-refractivity contribution in [2.45, 2.75) is 25.7 Å². The molecule has 4 fully saturated rings. The predicted molar refractivity (Wildman–Crippen MR) is 46.8 cm³/mol. The lowest BCUT2D eigenvalue weighted by Crippen LogP contribution is -2.27. The van der Waals surface area contributed by atoms with Crippen LogP contribution in [0.25, 0.3) is 0 Å². The summed E-state index contributed by atoms with van der Waals surface area (Å²) in [5, 5.41) is -0.0483. The fourth-order valence-electron chi connectivity index (χ4n) is 4.09. The van der Waals surface area contributed by atoms with E-state index in [1.807, 2.05) is 0 Å². The molecule has 4 saturated carbocycles. The fraction of sp³-hybridized carbons (Fsp3) is 0.900. The third-order valence-corrected chi connectivity index (χ3v) is 4.57. The Morgan fingerprint density at radius 3 is 2.50 bits per heavy atom. The Morgan fingerprint density at radius 2 is 1.83 bits per heavy atom. The molecule has 4 rings (SSSR count). The fourth-order valence-corrected chi connectivity index (χ4v) is 4.43. The van der Waals surface area contributed by atoms with Crippen molar-refractivity contribution < 1.29 is 4.79 Å². The van der Waals surface area contributed by atoms with Crippen molar-refractivity contribution in [3.05, 3.63) is 0 Å². The van der Waals surface area contributed by atoms with Crippen LogP contribution in [0.2, 0.25) is 0 Å². The Hall–Kier alpha value is -0.0400. The first kappa shape index (κ1) is 7.37. The van der Waals surface area contributed by atoms with Crippen molar-refractivity contribution >= 4 is 16.8 Å². The molecule has 5 unspecified atom stereocenters. The second-order valence-electron chi connectivity index (χ2n) is 4.82. The third kappa shape index (κ3) is 0.783. The molecule has 0 amide bonds. The van der Waals surface area contributed by atoms with Crippen LogP contribution in [0, 0.1) is 29.6 Å². The molecule has 0 aromatic carbocycles. The first-order valence-corrected chi connectivity index (χ1v) is 5.33. The number of hydrogen-bond acceptors (Lipinski definition) is 1. The number of rotatable bonds is 1. The highest BCUT2D eigenvalue weighted by Gasteiger charge is 2.55. The summed E-state index contributed by atoms with van der Waals surface area (Å²) < 4.78 is 0. The summed E-state index contributed by atoms with van der Waals surface area (Å²) in [5.74, 6) is 3.40. The molecule has 0 aromatic rings. The van der Waals surface area contributed by atoms with Gasteiger partial charge in [-0.15, -0.1) is 0 Å². The first-order chi connectivity index (χ1) is 5.75. The zero-order chi connectivity index (χ0) is 8.29. The van der Waals surface area contributed by atoms with Crippen LogP contribution in [0.4, 0.5) is 0 Å². The highest BCUT2D eigenvalue weighted by atomic mass is 35.5. The van der Waals surface area contributed by atoms with E-state index in [0.29, 0.717) is 11.8 Å². The topological polar surface area (TPSA) is 17.1 Å². The van der Waals surface area contributed by atoms with Crippen molar-refractivity contribution in [3.63, 3.8) is 0 Å². The Morgan fingerprint density at radius 1 is 1.08 bits per heavy atom. The molecule has 1 nitrogen and oxygen atoms in total. The monoisotopic (exact) mass is 184 g/mol. The Labute approximate surface area is 77.5 Å². The van der Waals surface area contributed by atoms with Crippen molar-refractivity contribution in [1.82, 2.24) is 0 Å². The quantitative estimate of drug-likeness (QED) is 0.573. The zero-order valence-corrected chi connectivity index (χ0v) is 7.76. The van der Waals surface area contributed by atoms with Crippen LogP contribution in [0.1, 0.15) is 25.7 Å². The molecule has 4 aliphatic rings. The van der Waals surface area contributed by atoms with E-state index in [-0.39, 0.29) is 11.2 Å².